The summed E-state index contributed by atoms with van der Waals surface area (Å²) in [4.78, 5) is 36.0. The van der Waals surface area contributed by atoms with Crippen molar-refractivity contribution in [1.29, 1.82) is 0 Å². The monoisotopic (exact) mass is 447 g/mol. The van der Waals surface area contributed by atoms with Crippen molar-refractivity contribution < 1.29 is 33.8 Å². The van der Waals surface area contributed by atoms with Crippen molar-refractivity contribution in [1.82, 2.24) is 0 Å². The van der Waals surface area contributed by atoms with Gasteiger partial charge < -0.3 is 19.3 Å². The van der Waals surface area contributed by atoms with Gasteiger partial charge in [-0.25, -0.2) is 0 Å². The van der Waals surface area contributed by atoms with Crippen LogP contribution in [0.15, 0.2) is 0 Å². The molecule has 0 rings (SSSR count). The van der Waals surface area contributed by atoms with E-state index in [1.54, 1.807) is 62.3 Å². The molecule has 0 saturated carbocycles. The highest BCUT2D eigenvalue weighted by Gasteiger charge is 2.44. The van der Waals surface area contributed by atoms with Crippen molar-refractivity contribution in [2.75, 3.05) is 0 Å². The lowest BCUT2D eigenvalue weighted by Gasteiger charge is -2.29. The Morgan fingerprint density at radius 1 is 0.806 bits per heavy atom. The Hall–Kier alpha value is -1.74. The molecule has 1 unspecified atom stereocenters. The number of esters is 2. The first-order valence-corrected chi connectivity index (χ1v) is 10.7. The lowest BCUT2D eigenvalue weighted by Crippen LogP contribution is -2.42. The number of hydrogen-bond donors (Lipinski definition) is 1. The molecular weight excluding hydrogens is 406 g/mol. The topological polar surface area (TPSA) is 125 Å². The minimum Gasteiger partial charge on any atom is -0.460 e. The van der Waals surface area contributed by atoms with Crippen molar-refractivity contribution >= 4 is 11.9 Å². The zero-order valence-electron chi connectivity index (χ0n) is 20.6. The maximum absolute atomic E-state index is 12.2. The van der Waals surface area contributed by atoms with Gasteiger partial charge in [-0.1, -0.05) is 0 Å². The summed E-state index contributed by atoms with van der Waals surface area (Å²) in [6.45, 7) is 15.6. The molecule has 9 heteroatoms. The van der Waals surface area contributed by atoms with Crippen LogP contribution < -0.4 is 0 Å². The van der Waals surface area contributed by atoms with E-state index in [0.717, 1.165) is 0 Å². The van der Waals surface area contributed by atoms with Crippen LogP contribution in [-0.2, 0) is 23.8 Å². The van der Waals surface area contributed by atoms with Crippen LogP contribution in [0.25, 0.3) is 0 Å². The molecule has 182 valence electrons. The number of nitrogens with zero attached hydrogens (tertiary/aromatic N) is 1. The predicted molar refractivity (Wildman–Crippen MR) is 116 cm³/mol. The molecule has 0 aromatic heterocycles. The second kappa shape index (κ2) is 11.2. The summed E-state index contributed by atoms with van der Waals surface area (Å²) in [5.41, 5.74) is -3.64. The molecule has 0 radical (unpaired) electrons. The van der Waals surface area contributed by atoms with Crippen LogP contribution in [-0.4, -0.2) is 50.6 Å². The fraction of sp³-hybridized carbons (Fsp3) is 0.909. The fourth-order valence-corrected chi connectivity index (χ4v) is 2.96. The van der Waals surface area contributed by atoms with Crippen LogP contribution in [0.3, 0.4) is 0 Å². The van der Waals surface area contributed by atoms with Crippen LogP contribution in [0.4, 0.5) is 0 Å². The predicted octanol–water partition coefficient (Wildman–Crippen LogP) is 4.16. The third-order valence-electron chi connectivity index (χ3n) is 4.16. The van der Waals surface area contributed by atoms with Gasteiger partial charge in [0.05, 0.1) is 18.4 Å². The molecule has 0 amide bonds. The normalized spacial score (nSPS) is 14.1. The molecule has 0 aliphatic heterocycles. The van der Waals surface area contributed by atoms with Gasteiger partial charge in [-0.3, -0.25) is 19.7 Å². The number of hydrogen-bond acceptors (Lipinski definition) is 8. The molecule has 1 atom stereocenters. The third-order valence-corrected chi connectivity index (χ3v) is 4.16. The van der Waals surface area contributed by atoms with Crippen LogP contribution in [0.2, 0.25) is 0 Å². The Balaban J connectivity index is 5.42. The summed E-state index contributed by atoms with van der Waals surface area (Å²) in [6.07, 6.45) is -1.89. The third kappa shape index (κ3) is 14.0. The molecule has 0 fully saturated rings. The molecule has 0 aliphatic rings. The van der Waals surface area contributed by atoms with Crippen LogP contribution >= 0.6 is 0 Å². The van der Waals surface area contributed by atoms with Gasteiger partial charge in [0.15, 0.2) is 6.29 Å². The molecule has 0 aliphatic carbocycles. The van der Waals surface area contributed by atoms with Crippen molar-refractivity contribution in [2.24, 2.45) is 0 Å². The minimum absolute atomic E-state index is 0.0130. The van der Waals surface area contributed by atoms with Gasteiger partial charge in [0.25, 0.3) is 0 Å². The number of aliphatic hydroxyl groups is 1. The summed E-state index contributed by atoms with van der Waals surface area (Å²) in [6, 6.07) is 0. The zero-order valence-corrected chi connectivity index (χ0v) is 20.6. The van der Waals surface area contributed by atoms with Crippen molar-refractivity contribution in [3.8, 4) is 0 Å². The number of rotatable bonds is 11. The molecule has 1 N–H and O–H groups in total. The average molecular weight is 448 g/mol. The van der Waals surface area contributed by atoms with E-state index < -0.39 is 45.5 Å². The molecule has 9 nitrogen and oxygen atoms in total. The van der Waals surface area contributed by atoms with Gasteiger partial charge in [-0.15, -0.1) is 0 Å². The van der Waals surface area contributed by atoms with Crippen molar-refractivity contribution in [3.63, 3.8) is 0 Å². The van der Waals surface area contributed by atoms with E-state index >= 15 is 0 Å². The van der Waals surface area contributed by atoms with E-state index in [2.05, 4.69) is 0 Å². The van der Waals surface area contributed by atoms with E-state index in [1.807, 2.05) is 0 Å². The lowest BCUT2D eigenvalue weighted by molar-refractivity contribution is -0.574. The van der Waals surface area contributed by atoms with E-state index in [-0.39, 0.29) is 38.5 Å². The summed E-state index contributed by atoms with van der Waals surface area (Å²) in [5.74, 6) is -1.11. The van der Waals surface area contributed by atoms with Gasteiger partial charge in [0, 0.05) is 30.6 Å². The molecule has 0 aromatic carbocycles. The molecule has 0 saturated heterocycles. The van der Waals surface area contributed by atoms with Gasteiger partial charge in [-0.05, 0) is 62.3 Å². The number of carbonyl (C=O) groups is 2. The van der Waals surface area contributed by atoms with Crippen molar-refractivity contribution in [3.05, 3.63) is 10.1 Å². The Morgan fingerprint density at radius 2 is 1.19 bits per heavy atom. The highest BCUT2D eigenvalue weighted by molar-refractivity contribution is 5.70. The molecule has 31 heavy (non-hydrogen) atoms. The zero-order chi connectivity index (χ0) is 24.7. The highest BCUT2D eigenvalue weighted by atomic mass is 16.6. The summed E-state index contributed by atoms with van der Waals surface area (Å²) in [7, 11) is 0. The maximum Gasteiger partial charge on any atom is 0.306 e. The van der Waals surface area contributed by atoms with Crippen LogP contribution in [0.1, 0.15) is 101 Å². The molecule has 0 spiro atoms. The first kappa shape index (κ1) is 29.3. The Kier molecular flexibility index (Phi) is 10.6. The molecule has 0 bridgehead atoms. The quantitative estimate of drug-likeness (QED) is 0.217. The lowest BCUT2D eigenvalue weighted by atomic mass is 9.84. The number of nitro groups is 1. The molecular formula is C22H41NO8. The van der Waals surface area contributed by atoms with E-state index in [1.165, 1.54) is 0 Å². The Labute approximate surface area is 186 Å². The summed E-state index contributed by atoms with van der Waals surface area (Å²) >= 11 is 0. The average Bonchev–Trinajstić information content (AvgIpc) is 2.49. The second-order valence-corrected chi connectivity index (χ2v) is 10.9. The van der Waals surface area contributed by atoms with Gasteiger partial charge >= 0.3 is 11.9 Å². The van der Waals surface area contributed by atoms with Gasteiger partial charge in [-0.2, -0.15) is 0 Å². The van der Waals surface area contributed by atoms with Crippen LogP contribution in [0, 0.1) is 10.1 Å². The van der Waals surface area contributed by atoms with Gasteiger partial charge in [0.1, 0.15) is 11.2 Å². The smallest absolute Gasteiger partial charge is 0.306 e. The van der Waals surface area contributed by atoms with E-state index in [4.69, 9.17) is 14.2 Å². The van der Waals surface area contributed by atoms with Gasteiger partial charge in [0.2, 0.25) is 5.54 Å². The second-order valence-electron chi connectivity index (χ2n) is 10.9. The summed E-state index contributed by atoms with van der Waals surface area (Å²) < 4.78 is 16.0. The molecule has 0 heterocycles. The Morgan fingerprint density at radius 3 is 1.48 bits per heavy atom. The first-order valence-electron chi connectivity index (χ1n) is 10.7. The van der Waals surface area contributed by atoms with E-state index in [0.29, 0.717) is 0 Å². The standard InChI is InChI=1S/C22H41NO8/c1-19(2,3)29-16(24)10-13-22(23(27)28,14-11-17(25)30-20(4,5)6)15-12-18(26)31-21(7,8)9/h16,24H,10-15H2,1-9H3. The fourth-order valence-electron chi connectivity index (χ4n) is 2.96. The number of carbonyl (C=O) groups excluding carboxylic acids is 2. The van der Waals surface area contributed by atoms with Crippen molar-refractivity contribution in [2.45, 2.75) is 129 Å². The molecule has 0 aromatic rings. The first-order chi connectivity index (χ1) is 13.7. The Bertz CT molecular complexity index is 578. The van der Waals surface area contributed by atoms with Crippen LogP contribution in [0.5, 0.6) is 0 Å². The minimum atomic E-state index is -1.60. The maximum atomic E-state index is 12.2. The number of aliphatic hydroxyl groups excluding tert-OH is 1. The SMILES string of the molecule is CC(C)(C)OC(=O)CCC(CCC(=O)OC(C)(C)C)(CCC(O)OC(C)(C)C)[N+](=O)[O-]. The largest absolute Gasteiger partial charge is 0.460 e. The highest BCUT2D eigenvalue weighted by Crippen LogP contribution is 2.31. The van der Waals surface area contributed by atoms with E-state index in [9.17, 15) is 24.8 Å². The number of ether oxygens (including phenoxy) is 3. The summed E-state index contributed by atoms with van der Waals surface area (Å²) in [5, 5.41) is 22.3.